The lowest BCUT2D eigenvalue weighted by molar-refractivity contribution is -0.115. The minimum absolute atomic E-state index is 0.0167. The Bertz CT molecular complexity index is 1090. The highest BCUT2D eigenvalue weighted by Gasteiger charge is 2.27. The van der Waals surface area contributed by atoms with Crippen LogP contribution in [-0.4, -0.2) is 45.8 Å². The molecule has 3 aromatic rings. The Hall–Kier alpha value is -3.55. The van der Waals surface area contributed by atoms with Crippen molar-refractivity contribution in [1.82, 2.24) is 14.9 Å². The Kier molecular flexibility index (Phi) is 5.56. The molecule has 1 atom stereocenters. The van der Waals surface area contributed by atoms with Gasteiger partial charge in [-0.05, 0) is 42.8 Å². The van der Waals surface area contributed by atoms with Gasteiger partial charge in [-0.3, -0.25) is 9.59 Å². The molecule has 0 unspecified atom stereocenters. The van der Waals surface area contributed by atoms with Gasteiger partial charge in [0.15, 0.2) is 0 Å². The van der Waals surface area contributed by atoms with Crippen LogP contribution in [0.25, 0.3) is 10.9 Å². The van der Waals surface area contributed by atoms with Gasteiger partial charge in [0.1, 0.15) is 5.82 Å². The molecule has 0 bridgehead atoms. The van der Waals surface area contributed by atoms with Gasteiger partial charge in [0, 0.05) is 54.5 Å². The molecule has 1 aromatic heterocycles. The predicted molar refractivity (Wildman–Crippen MR) is 113 cm³/mol. The molecular formula is C22H22FN5O2. The standard InChI is InChI=1S/C22H22FN5O2/c1-2-20(29)25-17-7-4-14(5-8-17)21(30)28-10-9-18(13-28)26-22-24-12-15-3-6-16(23)11-19(15)27-22/h3-8,11-12,18H,2,9-10,13H2,1H3,(H,25,29)(H,24,26,27)/t18-/m1/s1. The van der Waals surface area contributed by atoms with Crippen molar-refractivity contribution in [3.8, 4) is 0 Å². The first-order chi connectivity index (χ1) is 14.5. The summed E-state index contributed by atoms with van der Waals surface area (Å²) in [5.74, 6) is -0.0520. The lowest BCUT2D eigenvalue weighted by Crippen LogP contribution is -2.31. The van der Waals surface area contributed by atoms with Gasteiger partial charge in [-0.2, -0.15) is 0 Å². The van der Waals surface area contributed by atoms with Crippen LogP contribution < -0.4 is 10.6 Å². The van der Waals surface area contributed by atoms with Crippen LogP contribution in [0.15, 0.2) is 48.7 Å². The van der Waals surface area contributed by atoms with Crippen LogP contribution >= 0.6 is 0 Å². The van der Waals surface area contributed by atoms with Gasteiger partial charge in [0.25, 0.3) is 5.91 Å². The average molecular weight is 407 g/mol. The topological polar surface area (TPSA) is 87.2 Å². The fourth-order valence-corrected chi connectivity index (χ4v) is 3.44. The number of likely N-dealkylation sites (tertiary alicyclic amines) is 1. The quantitative estimate of drug-likeness (QED) is 0.677. The molecule has 1 fully saturated rings. The van der Waals surface area contributed by atoms with E-state index in [1.807, 2.05) is 0 Å². The summed E-state index contributed by atoms with van der Waals surface area (Å²) < 4.78 is 13.4. The molecule has 30 heavy (non-hydrogen) atoms. The summed E-state index contributed by atoms with van der Waals surface area (Å²) in [5, 5.41) is 6.77. The summed E-state index contributed by atoms with van der Waals surface area (Å²) in [4.78, 5) is 34.7. The number of fused-ring (bicyclic) bond motifs is 1. The van der Waals surface area contributed by atoms with Crippen LogP contribution in [0.1, 0.15) is 30.1 Å². The van der Waals surface area contributed by atoms with E-state index in [0.717, 1.165) is 11.8 Å². The maximum Gasteiger partial charge on any atom is 0.253 e. The molecule has 0 saturated carbocycles. The third-order valence-corrected chi connectivity index (χ3v) is 5.09. The highest BCUT2D eigenvalue weighted by Crippen LogP contribution is 2.19. The third-order valence-electron chi connectivity index (χ3n) is 5.09. The lowest BCUT2D eigenvalue weighted by Gasteiger charge is -2.17. The van der Waals surface area contributed by atoms with E-state index >= 15 is 0 Å². The molecule has 4 rings (SSSR count). The molecule has 7 nitrogen and oxygen atoms in total. The molecule has 1 aliphatic rings. The van der Waals surface area contributed by atoms with E-state index in [1.165, 1.54) is 12.1 Å². The first kappa shape index (κ1) is 19.8. The molecule has 154 valence electrons. The fourth-order valence-electron chi connectivity index (χ4n) is 3.44. The highest BCUT2D eigenvalue weighted by atomic mass is 19.1. The van der Waals surface area contributed by atoms with Crippen molar-refractivity contribution in [2.24, 2.45) is 0 Å². The average Bonchev–Trinajstić information content (AvgIpc) is 3.22. The van der Waals surface area contributed by atoms with Gasteiger partial charge in [0.05, 0.1) is 5.52 Å². The number of amides is 2. The van der Waals surface area contributed by atoms with Crippen molar-refractivity contribution in [3.05, 3.63) is 60.0 Å². The first-order valence-electron chi connectivity index (χ1n) is 9.90. The summed E-state index contributed by atoms with van der Waals surface area (Å²) in [6.45, 7) is 2.93. The maximum absolute atomic E-state index is 13.4. The van der Waals surface area contributed by atoms with Gasteiger partial charge in [0.2, 0.25) is 11.9 Å². The smallest absolute Gasteiger partial charge is 0.253 e. The Morgan fingerprint density at radius 1 is 1.20 bits per heavy atom. The zero-order valence-electron chi connectivity index (χ0n) is 16.6. The fraction of sp³-hybridized carbons (Fsp3) is 0.273. The van der Waals surface area contributed by atoms with Crippen LogP contribution in [0.2, 0.25) is 0 Å². The molecule has 2 heterocycles. The molecule has 1 aliphatic heterocycles. The molecular weight excluding hydrogens is 385 g/mol. The number of nitrogens with zero attached hydrogens (tertiary/aromatic N) is 3. The van der Waals surface area contributed by atoms with Gasteiger partial charge in [-0.1, -0.05) is 6.92 Å². The molecule has 2 N–H and O–H groups in total. The van der Waals surface area contributed by atoms with Gasteiger partial charge in [-0.15, -0.1) is 0 Å². The summed E-state index contributed by atoms with van der Waals surface area (Å²) >= 11 is 0. The van der Waals surface area contributed by atoms with E-state index in [-0.39, 0.29) is 23.7 Å². The largest absolute Gasteiger partial charge is 0.350 e. The Labute approximate surface area is 173 Å². The molecule has 2 aromatic carbocycles. The van der Waals surface area contributed by atoms with Crippen molar-refractivity contribution in [1.29, 1.82) is 0 Å². The number of anilines is 2. The lowest BCUT2D eigenvalue weighted by atomic mass is 10.2. The predicted octanol–water partition coefficient (Wildman–Crippen LogP) is 3.44. The van der Waals surface area contributed by atoms with E-state index in [2.05, 4.69) is 20.6 Å². The monoisotopic (exact) mass is 407 g/mol. The third kappa shape index (κ3) is 4.37. The zero-order valence-corrected chi connectivity index (χ0v) is 16.6. The number of aromatic nitrogens is 2. The molecule has 1 saturated heterocycles. The van der Waals surface area contributed by atoms with Gasteiger partial charge >= 0.3 is 0 Å². The van der Waals surface area contributed by atoms with Crippen molar-refractivity contribution in [2.75, 3.05) is 23.7 Å². The Balaban J connectivity index is 1.38. The second-order valence-electron chi connectivity index (χ2n) is 7.26. The van der Waals surface area contributed by atoms with E-state index in [1.54, 1.807) is 48.4 Å². The van der Waals surface area contributed by atoms with E-state index in [4.69, 9.17) is 0 Å². The second kappa shape index (κ2) is 8.44. The van der Waals surface area contributed by atoms with E-state index in [9.17, 15) is 14.0 Å². The molecule has 8 heteroatoms. The highest BCUT2D eigenvalue weighted by molar-refractivity contribution is 5.96. The van der Waals surface area contributed by atoms with Crippen molar-refractivity contribution in [3.63, 3.8) is 0 Å². The SMILES string of the molecule is CCC(=O)Nc1ccc(C(=O)N2CC[C@@H](Nc3ncc4ccc(F)cc4n3)C2)cc1. The van der Waals surface area contributed by atoms with Crippen LogP contribution in [0, 0.1) is 5.82 Å². The number of hydrogen-bond donors (Lipinski definition) is 2. The maximum atomic E-state index is 13.4. The number of benzene rings is 2. The number of halogens is 1. The number of rotatable bonds is 5. The number of carbonyl (C=O) groups excluding carboxylic acids is 2. The number of nitrogens with one attached hydrogen (secondary N) is 2. The van der Waals surface area contributed by atoms with Crippen molar-refractivity contribution >= 4 is 34.4 Å². The first-order valence-corrected chi connectivity index (χ1v) is 9.90. The van der Waals surface area contributed by atoms with Gasteiger partial charge in [-0.25, -0.2) is 14.4 Å². The van der Waals surface area contributed by atoms with Crippen molar-refractivity contribution in [2.45, 2.75) is 25.8 Å². The molecule has 0 spiro atoms. The van der Waals surface area contributed by atoms with Crippen LogP contribution in [0.5, 0.6) is 0 Å². The summed E-state index contributed by atoms with van der Waals surface area (Å²) in [7, 11) is 0. The van der Waals surface area contributed by atoms with Crippen LogP contribution in [0.4, 0.5) is 16.0 Å². The molecule has 0 aliphatic carbocycles. The Morgan fingerprint density at radius 2 is 2.00 bits per heavy atom. The normalized spacial score (nSPS) is 15.9. The minimum Gasteiger partial charge on any atom is -0.350 e. The molecule has 2 amide bonds. The van der Waals surface area contributed by atoms with E-state index in [0.29, 0.717) is 42.2 Å². The summed E-state index contributed by atoms with van der Waals surface area (Å²) in [5.41, 5.74) is 1.78. The zero-order chi connectivity index (χ0) is 21.1. The van der Waals surface area contributed by atoms with Gasteiger partial charge < -0.3 is 15.5 Å². The second-order valence-corrected chi connectivity index (χ2v) is 7.26. The molecule has 0 radical (unpaired) electrons. The van der Waals surface area contributed by atoms with Crippen molar-refractivity contribution < 1.29 is 14.0 Å². The summed E-state index contributed by atoms with van der Waals surface area (Å²) in [6, 6.07) is 11.3. The number of hydrogen-bond acceptors (Lipinski definition) is 5. The Morgan fingerprint density at radius 3 is 2.77 bits per heavy atom. The van der Waals surface area contributed by atoms with Crippen LogP contribution in [0.3, 0.4) is 0 Å². The van der Waals surface area contributed by atoms with Crippen LogP contribution in [-0.2, 0) is 4.79 Å². The minimum atomic E-state index is -0.343. The summed E-state index contributed by atoms with van der Waals surface area (Å²) in [6.07, 6.45) is 2.82. The van der Waals surface area contributed by atoms with E-state index < -0.39 is 0 Å². The number of carbonyl (C=O) groups is 2.